The van der Waals surface area contributed by atoms with Crippen LogP contribution in [0, 0.1) is 0 Å². The number of benzene rings is 3. The summed E-state index contributed by atoms with van der Waals surface area (Å²) >= 11 is 2.38. The van der Waals surface area contributed by atoms with Crippen LogP contribution in [-0.4, -0.2) is 57.2 Å². The average Bonchev–Trinajstić information content (AvgIpc) is 3.14. The summed E-state index contributed by atoms with van der Waals surface area (Å²) in [6.45, 7) is 1.08. The van der Waals surface area contributed by atoms with E-state index in [0.29, 0.717) is 10.1 Å². The van der Waals surface area contributed by atoms with Crippen molar-refractivity contribution in [2.24, 2.45) is 4.99 Å². The number of methoxy groups -OCH3 is 1. The standard InChI is InChI=1S/C23H17N2O2S.C2H4O2.Na/c1-27-20-13-11-18(12-14-20)17-9-7-16(8-10-17)15-21-22(26)25-23(28-21)24-19-5-3-2-4-6-19;1-2(3)4;/h3-15H,1H3,(H,24,25,26);1H3,(H,3,4);/b21-15+;;. The molecule has 33 heavy (non-hydrogen) atoms. The third-order valence-corrected chi connectivity index (χ3v) is 6.12. The Balaban J connectivity index is 0.000000709. The van der Waals surface area contributed by atoms with Crippen LogP contribution in [0.4, 0.5) is 5.69 Å². The molecule has 0 aliphatic carbocycles. The molecule has 4 rings (SSSR count). The molecule has 1 aliphatic rings. The number of nitrogens with zero attached hydrogens (tertiary/aromatic N) is 1. The normalized spacial score (nSPS) is 13.8. The van der Waals surface area contributed by atoms with Crippen molar-refractivity contribution in [1.29, 1.82) is 0 Å². The maximum atomic E-state index is 12.3. The van der Waals surface area contributed by atoms with E-state index < -0.39 is 5.97 Å². The fraction of sp³-hybridized carbons (Fsp3) is 0.0800. The summed E-state index contributed by atoms with van der Waals surface area (Å²) < 4.78 is 6.53. The Kier molecular flexibility index (Phi) is 8.91. The fourth-order valence-corrected chi connectivity index (χ4v) is 4.10. The van der Waals surface area contributed by atoms with E-state index in [9.17, 15) is 4.79 Å². The number of thioether (sulfide) groups is 1. The first-order valence-corrected chi connectivity index (χ1v) is 12.0. The number of carbonyl (C=O) groups excluding carboxylic acids is 1. The average molecular weight is 469 g/mol. The van der Waals surface area contributed by atoms with Crippen molar-refractivity contribution in [3.8, 4) is 16.9 Å². The number of amides is 1. The predicted octanol–water partition coefficient (Wildman–Crippen LogP) is 4.33. The molecule has 6 nitrogen and oxygen atoms in total. The first-order chi connectivity index (χ1) is 15.8. The minimum absolute atomic E-state index is 0.212. The van der Waals surface area contributed by atoms with Gasteiger partial charge in [-0.05, 0) is 23.3 Å². The molecular formula is C25H21N2NaO4S. The second kappa shape index (κ2) is 11.9. The van der Waals surface area contributed by atoms with Gasteiger partial charge >= 0.3 is 139 Å². The Bertz CT molecular complexity index is 1180. The van der Waals surface area contributed by atoms with Crippen LogP contribution in [-0.2, 0) is 9.59 Å². The summed E-state index contributed by atoms with van der Waals surface area (Å²) in [5.41, 5.74) is 4.14. The molecule has 0 fully saturated rings. The van der Waals surface area contributed by atoms with E-state index in [4.69, 9.17) is 14.6 Å². The predicted molar refractivity (Wildman–Crippen MR) is 135 cm³/mol. The molecule has 162 valence electrons. The molecule has 0 saturated carbocycles. The first-order valence-electron chi connectivity index (χ1n) is 10.1. The number of anilines is 1. The zero-order valence-corrected chi connectivity index (χ0v) is 21.3. The van der Waals surface area contributed by atoms with Crippen molar-refractivity contribution in [1.82, 2.24) is 0 Å². The molecule has 2 N–H and O–H groups in total. The molecule has 1 aliphatic heterocycles. The summed E-state index contributed by atoms with van der Waals surface area (Å²) in [4.78, 5) is 26.0. The van der Waals surface area contributed by atoms with E-state index in [-0.39, 0.29) is 5.91 Å². The van der Waals surface area contributed by atoms with E-state index in [0.717, 1.165) is 63.0 Å². The van der Waals surface area contributed by atoms with Crippen molar-refractivity contribution < 1.29 is 19.4 Å². The molecule has 0 unspecified atom stereocenters. The van der Waals surface area contributed by atoms with Gasteiger partial charge in [0, 0.05) is 6.92 Å². The third-order valence-electron chi connectivity index (χ3n) is 4.56. The molecule has 3 aromatic carbocycles. The van der Waals surface area contributed by atoms with Gasteiger partial charge in [-0.3, -0.25) is 4.79 Å². The number of aliphatic imine (C=N–C) groups is 1. The van der Waals surface area contributed by atoms with Gasteiger partial charge in [-0.15, -0.1) is 0 Å². The van der Waals surface area contributed by atoms with Crippen molar-refractivity contribution >= 4 is 71.3 Å². The molecule has 0 bridgehead atoms. The maximum absolute atomic E-state index is 12.3. The number of carboxylic acid groups (broad SMARTS) is 1. The molecule has 8 heteroatoms. The van der Waals surface area contributed by atoms with Crippen LogP contribution < -0.4 is 12.9 Å². The van der Waals surface area contributed by atoms with E-state index in [2.05, 4.69) is 22.4 Å². The quantitative estimate of drug-likeness (QED) is 0.438. The number of nitrogens with one attached hydrogen (secondary N) is 1. The molecule has 0 saturated heterocycles. The monoisotopic (exact) mass is 468 g/mol. The van der Waals surface area contributed by atoms with Crippen molar-refractivity contribution in [3.05, 3.63) is 83.3 Å². The van der Waals surface area contributed by atoms with E-state index in [1.54, 1.807) is 7.11 Å². The Morgan fingerprint density at radius 3 is 2.09 bits per heavy atom. The van der Waals surface area contributed by atoms with Crippen molar-refractivity contribution in [2.75, 3.05) is 12.4 Å². The second-order valence-corrected chi connectivity index (χ2v) is 9.38. The van der Waals surface area contributed by atoms with E-state index >= 15 is 0 Å². The third kappa shape index (κ3) is 7.61. The Morgan fingerprint density at radius 2 is 1.55 bits per heavy atom. The summed E-state index contributed by atoms with van der Waals surface area (Å²) in [6.07, 6.45) is 1.88. The Hall–Kier alpha value is -2.84. The minimum atomic E-state index is -0.833. The molecule has 0 atom stereocenters. The van der Waals surface area contributed by atoms with Gasteiger partial charge in [0.1, 0.15) is 5.75 Å². The second-order valence-electron chi connectivity index (χ2n) is 7.19. The molecule has 0 aromatic heterocycles. The summed E-state index contributed by atoms with van der Waals surface area (Å²) in [5, 5.41) is 11.2. The topological polar surface area (TPSA) is 88.0 Å². The van der Waals surface area contributed by atoms with Crippen LogP contribution in [0.2, 0.25) is 0 Å². The van der Waals surface area contributed by atoms with Gasteiger partial charge in [-0.2, -0.15) is 0 Å². The molecule has 3 aromatic rings. The molecular weight excluding hydrogens is 447 g/mol. The Labute approximate surface area is 214 Å². The van der Waals surface area contributed by atoms with E-state index in [1.807, 2.05) is 66.7 Å². The number of ether oxygens (including phenoxy) is 1. The fourth-order valence-electron chi connectivity index (χ4n) is 2.93. The number of aliphatic carboxylic acids is 1. The molecule has 1 amide bonds. The summed E-state index contributed by atoms with van der Waals surface area (Å²) in [7, 11) is 1.66. The minimum Gasteiger partial charge on any atom is -0.0507 e. The van der Waals surface area contributed by atoms with Gasteiger partial charge in [0.15, 0.2) is 0 Å². The van der Waals surface area contributed by atoms with Crippen LogP contribution in [0.5, 0.6) is 5.75 Å². The number of carboxylic acids is 1. The smallest absolute Gasteiger partial charge is 0.0507 e. The van der Waals surface area contributed by atoms with Crippen LogP contribution in [0.1, 0.15) is 12.5 Å². The van der Waals surface area contributed by atoms with Crippen LogP contribution in [0.3, 0.4) is 0 Å². The number of hydrogen-bond donors (Lipinski definition) is 2. The van der Waals surface area contributed by atoms with E-state index in [1.165, 1.54) is 14.6 Å². The van der Waals surface area contributed by atoms with Crippen LogP contribution in [0.15, 0.2) is 82.7 Å². The van der Waals surface area contributed by atoms with Crippen LogP contribution in [0.25, 0.3) is 17.2 Å². The molecule has 0 spiro atoms. The van der Waals surface area contributed by atoms with Gasteiger partial charge in [-0.25, -0.2) is 0 Å². The van der Waals surface area contributed by atoms with Gasteiger partial charge < -0.3 is 9.84 Å². The van der Waals surface area contributed by atoms with Gasteiger partial charge in [-0.1, -0.05) is 12.1 Å². The van der Waals surface area contributed by atoms with Gasteiger partial charge in [0.2, 0.25) is 0 Å². The van der Waals surface area contributed by atoms with Crippen molar-refractivity contribution in [2.45, 2.75) is 6.92 Å². The molecule has 1 heterocycles. The van der Waals surface area contributed by atoms with Gasteiger partial charge in [0.05, 0.1) is 7.11 Å². The number of hydrogen-bond acceptors (Lipinski definition) is 5. The van der Waals surface area contributed by atoms with Crippen molar-refractivity contribution in [3.63, 3.8) is 0 Å². The number of carbonyl (C=O) groups is 2. The number of rotatable bonds is 4. The first kappa shape index (κ1) is 24.8. The summed E-state index contributed by atoms with van der Waals surface area (Å²) in [5.74, 6) is -0.208. The van der Waals surface area contributed by atoms with Crippen LogP contribution >= 0.6 is 11.8 Å². The zero-order valence-electron chi connectivity index (χ0n) is 18.5. The SMILES string of the molecule is CC(=O)O.COc1ccc(-c2ccc(/C=C3/SC(Nc4cc[c]([Na])cc4)=NC3=O)cc2)cc1. The molecule has 0 radical (unpaired) electrons. The Morgan fingerprint density at radius 1 is 1.00 bits per heavy atom. The van der Waals surface area contributed by atoms with Gasteiger partial charge in [0.25, 0.3) is 5.97 Å². The summed E-state index contributed by atoms with van der Waals surface area (Å²) in [6, 6.07) is 24.2. The zero-order chi connectivity index (χ0) is 23.8. The number of amidine groups is 1.